The molecule has 0 aliphatic rings. The van der Waals surface area contributed by atoms with Crippen molar-refractivity contribution in [2.24, 2.45) is 0 Å². The van der Waals surface area contributed by atoms with Gasteiger partial charge in [0.1, 0.15) is 0 Å². The Balaban J connectivity index is 0.000000921. The molecular formula is C11H22N2O2. The summed E-state index contributed by atoms with van der Waals surface area (Å²) in [5.41, 5.74) is 1.00. The van der Waals surface area contributed by atoms with Crippen molar-refractivity contribution in [3.8, 4) is 5.88 Å². The van der Waals surface area contributed by atoms with Crippen LogP contribution in [0.2, 0.25) is 0 Å². The number of aromatic nitrogens is 2. The molecule has 1 aromatic heterocycles. The first-order chi connectivity index (χ1) is 7.19. The molecule has 0 fully saturated rings. The lowest BCUT2D eigenvalue weighted by Gasteiger charge is -2.06. The molecule has 4 nitrogen and oxygen atoms in total. The summed E-state index contributed by atoms with van der Waals surface area (Å²) >= 11 is 0. The summed E-state index contributed by atoms with van der Waals surface area (Å²) in [5.74, 6) is 0.655. The van der Waals surface area contributed by atoms with Gasteiger partial charge in [-0.3, -0.25) is 4.68 Å². The Labute approximate surface area is 91.9 Å². The van der Waals surface area contributed by atoms with E-state index < -0.39 is 0 Å². The van der Waals surface area contributed by atoms with Gasteiger partial charge in [0.15, 0.2) is 0 Å². The highest BCUT2D eigenvalue weighted by molar-refractivity contribution is 5.21. The summed E-state index contributed by atoms with van der Waals surface area (Å²) in [5, 5.41) is 13.1. The van der Waals surface area contributed by atoms with Gasteiger partial charge >= 0.3 is 0 Å². The van der Waals surface area contributed by atoms with Crippen LogP contribution >= 0.6 is 0 Å². The van der Waals surface area contributed by atoms with Gasteiger partial charge in [-0.25, -0.2) is 0 Å². The van der Waals surface area contributed by atoms with Gasteiger partial charge in [0.2, 0.25) is 5.88 Å². The first kappa shape index (κ1) is 14.0. The lowest BCUT2D eigenvalue weighted by Crippen LogP contribution is -2.09. The second-order valence-electron chi connectivity index (χ2n) is 3.06. The predicted octanol–water partition coefficient (Wildman–Crippen LogP) is 2.17. The van der Waals surface area contributed by atoms with E-state index in [1.165, 1.54) is 0 Å². The summed E-state index contributed by atoms with van der Waals surface area (Å²) in [4.78, 5) is 0. The molecule has 0 spiro atoms. The third-order valence-electron chi connectivity index (χ3n) is 1.87. The van der Waals surface area contributed by atoms with Crippen LogP contribution in [-0.2, 0) is 0 Å². The molecule has 0 aromatic carbocycles. The van der Waals surface area contributed by atoms with Crippen molar-refractivity contribution >= 4 is 0 Å². The normalized spacial score (nSPS) is 11.6. The molecule has 0 aliphatic carbocycles. The van der Waals surface area contributed by atoms with Gasteiger partial charge in [0, 0.05) is 11.8 Å². The highest BCUT2D eigenvalue weighted by Gasteiger charge is 2.09. The maximum Gasteiger partial charge on any atom is 0.235 e. The zero-order valence-electron chi connectivity index (χ0n) is 10.3. The van der Waals surface area contributed by atoms with Gasteiger partial charge in [-0.05, 0) is 20.8 Å². The van der Waals surface area contributed by atoms with Gasteiger partial charge < -0.3 is 9.84 Å². The molecule has 1 N–H and O–H groups in total. The highest BCUT2D eigenvalue weighted by atomic mass is 16.5. The van der Waals surface area contributed by atoms with Crippen LogP contribution in [0, 0.1) is 6.92 Å². The van der Waals surface area contributed by atoms with Crippen LogP contribution in [0.1, 0.15) is 39.3 Å². The summed E-state index contributed by atoms with van der Waals surface area (Å²) in [6, 6.07) is 0.00732. The van der Waals surface area contributed by atoms with Crippen molar-refractivity contribution in [1.29, 1.82) is 0 Å². The number of hydrogen-bond donors (Lipinski definition) is 1. The molecule has 1 aromatic rings. The average molecular weight is 214 g/mol. The monoisotopic (exact) mass is 214 g/mol. The molecule has 0 amide bonds. The quantitative estimate of drug-likeness (QED) is 0.835. The van der Waals surface area contributed by atoms with Gasteiger partial charge in [0.25, 0.3) is 0 Å². The zero-order chi connectivity index (χ0) is 11.8. The van der Waals surface area contributed by atoms with Gasteiger partial charge in [-0.15, -0.1) is 5.10 Å². The predicted molar refractivity (Wildman–Crippen MR) is 61.3 cm³/mol. The smallest absolute Gasteiger partial charge is 0.235 e. The maximum atomic E-state index is 8.92. The van der Waals surface area contributed by atoms with E-state index in [4.69, 9.17) is 9.84 Å². The third kappa shape index (κ3) is 3.91. The van der Waals surface area contributed by atoms with Gasteiger partial charge in [-0.1, -0.05) is 13.8 Å². The molecule has 1 unspecified atom stereocenters. The Bertz CT molecular complexity index is 272. The Kier molecular flexibility index (Phi) is 6.79. The minimum Gasteiger partial charge on any atom is -0.477 e. The summed E-state index contributed by atoms with van der Waals surface area (Å²) < 4.78 is 7.02. The Morgan fingerprint density at radius 2 is 2.13 bits per heavy atom. The Hall–Kier alpha value is -1.03. The molecule has 1 heterocycles. The van der Waals surface area contributed by atoms with E-state index in [1.54, 1.807) is 4.68 Å². The molecule has 1 rings (SSSR count). The Morgan fingerprint density at radius 3 is 2.60 bits per heavy atom. The number of aliphatic hydroxyl groups excluding tert-OH is 1. The zero-order valence-corrected chi connectivity index (χ0v) is 10.3. The largest absolute Gasteiger partial charge is 0.477 e. The molecule has 0 bridgehead atoms. The first-order valence-corrected chi connectivity index (χ1v) is 5.48. The molecule has 0 saturated carbocycles. The summed E-state index contributed by atoms with van der Waals surface area (Å²) in [6.07, 6.45) is 1.88. The molecule has 0 radical (unpaired) electrons. The van der Waals surface area contributed by atoms with Crippen molar-refractivity contribution in [3.05, 3.63) is 11.8 Å². The van der Waals surface area contributed by atoms with Gasteiger partial charge in [-0.2, -0.15) is 0 Å². The lowest BCUT2D eigenvalue weighted by atomic mass is 10.3. The fraction of sp³-hybridized carbons (Fsp3) is 0.727. The molecular weight excluding hydrogens is 192 g/mol. The van der Waals surface area contributed by atoms with Crippen molar-refractivity contribution in [2.45, 2.75) is 40.7 Å². The maximum absolute atomic E-state index is 8.92. The van der Waals surface area contributed by atoms with Crippen LogP contribution in [0.5, 0.6) is 5.88 Å². The van der Waals surface area contributed by atoms with Crippen LogP contribution in [0.4, 0.5) is 0 Å². The van der Waals surface area contributed by atoms with Crippen molar-refractivity contribution < 1.29 is 9.84 Å². The fourth-order valence-electron chi connectivity index (χ4n) is 1.06. The van der Waals surface area contributed by atoms with E-state index in [1.807, 2.05) is 40.8 Å². The van der Waals surface area contributed by atoms with Crippen LogP contribution < -0.4 is 4.74 Å². The van der Waals surface area contributed by atoms with Crippen molar-refractivity contribution in [3.63, 3.8) is 0 Å². The van der Waals surface area contributed by atoms with Crippen LogP contribution in [0.25, 0.3) is 0 Å². The SMILES string of the molecule is CC.CCOc1nn(C(C)CO)cc1C. The van der Waals surface area contributed by atoms with E-state index >= 15 is 0 Å². The van der Waals surface area contributed by atoms with Crippen LogP contribution in [-0.4, -0.2) is 28.1 Å². The average Bonchev–Trinajstić information content (AvgIpc) is 2.63. The molecule has 15 heavy (non-hydrogen) atoms. The van der Waals surface area contributed by atoms with Crippen molar-refractivity contribution in [1.82, 2.24) is 9.78 Å². The van der Waals surface area contributed by atoms with E-state index in [0.29, 0.717) is 12.5 Å². The minimum absolute atomic E-state index is 0.00732. The van der Waals surface area contributed by atoms with E-state index in [-0.39, 0.29) is 12.6 Å². The number of ether oxygens (including phenoxy) is 1. The van der Waals surface area contributed by atoms with E-state index in [2.05, 4.69) is 5.10 Å². The molecule has 0 aliphatic heterocycles. The third-order valence-corrected chi connectivity index (χ3v) is 1.87. The van der Waals surface area contributed by atoms with Crippen molar-refractivity contribution in [2.75, 3.05) is 13.2 Å². The number of hydrogen-bond acceptors (Lipinski definition) is 3. The molecule has 4 heteroatoms. The van der Waals surface area contributed by atoms with Crippen LogP contribution in [0.3, 0.4) is 0 Å². The summed E-state index contributed by atoms with van der Waals surface area (Å²) in [7, 11) is 0. The number of nitrogens with zero attached hydrogens (tertiary/aromatic N) is 2. The van der Waals surface area contributed by atoms with Gasteiger partial charge in [0.05, 0.1) is 19.3 Å². The van der Waals surface area contributed by atoms with E-state index in [9.17, 15) is 0 Å². The number of rotatable bonds is 4. The molecule has 1 atom stereocenters. The number of aryl methyl sites for hydroxylation is 1. The standard InChI is InChI=1S/C9H16N2O2.C2H6/c1-4-13-9-7(2)5-11(10-9)8(3)6-12;1-2/h5,8,12H,4,6H2,1-3H3;1-2H3. The topological polar surface area (TPSA) is 47.3 Å². The highest BCUT2D eigenvalue weighted by Crippen LogP contribution is 2.16. The Morgan fingerprint density at radius 1 is 1.53 bits per heavy atom. The molecule has 0 saturated heterocycles. The lowest BCUT2D eigenvalue weighted by molar-refractivity contribution is 0.226. The number of aliphatic hydroxyl groups is 1. The van der Waals surface area contributed by atoms with Crippen LogP contribution in [0.15, 0.2) is 6.20 Å². The second-order valence-corrected chi connectivity index (χ2v) is 3.06. The minimum atomic E-state index is 0.00732. The van der Waals surface area contributed by atoms with E-state index in [0.717, 1.165) is 5.56 Å². The fourth-order valence-corrected chi connectivity index (χ4v) is 1.06. The molecule has 88 valence electrons. The summed E-state index contributed by atoms with van der Waals surface area (Å²) in [6.45, 7) is 10.5. The second kappa shape index (κ2) is 7.29. The first-order valence-electron chi connectivity index (χ1n) is 5.48.